The van der Waals surface area contributed by atoms with E-state index in [1.807, 2.05) is 11.8 Å². The van der Waals surface area contributed by atoms with Crippen molar-refractivity contribution in [2.45, 2.75) is 129 Å². The molecule has 33 heavy (non-hydrogen) atoms. The molecule has 0 saturated carbocycles. The smallest absolute Gasteiger partial charge is 0.0895 e. The van der Waals surface area contributed by atoms with E-state index in [9.17, 15) is 5.11 Å². The molecule has 0 heterocycles. The summed E-state index contributed by atoms with van der Waals surface area (Å²) >= 11 is 1.96. The Balaban J connectivity index is 1.79. The Bertz CT molecular complexity index is 493. The average Bonchev–Trinajstić information content (AvgIpc) is 2.85. The van der Waals surface area contributed by atoms with E-state index in [1.54, 1.807) is 0 Å². The van der Waals surface area contributed by atoms with E-state index in [0.717, 1.165) is 18.8 Å². The number of aliphatic hydroxyl groups excluding tert-OH is 1. The van der Waals surface area contributed by atoms with E-state index >= 15 is 0 Å². The van der Waals surface area contributed by atoms with Crippen LogP contribution < -0.4 is 0 Å². The first-order valence-electron chi connectivity index (χ1n) is 14.2. The lowest BCUT2D eigenvalue weighted by Crippen LogP contribution is -2.21. The molecule has 0 fully saturated rings. The zero-order chi connectivity index (χ0) is 23.7. The van der Waals surface area contributed by atoms with Gasteiger partial charge in [0.25, 0.3) is 0 Å². The molecule has 192 valence electrons. The van der Waals surface area contributed by atoms with Gasteiger partial charge in [-0.1, -0.05) is 127 Å². The molecule has 1 N–H and O–H groups in total. The summed E-state index contributed by atoms with van der Waals surface area (Å²) < 4.78 is 5.91. The molecule has 0 bridgehead atoms. The van der Waals surface area contributed by atoms with Crippen LogP contribution in [0.3, 0.4) is 0 Å². The molecule has 1 atom stereocenters. The van der Waals surface area contributed by atoms with Gasteiger partial charge in [0.15, 0.2) is 0 Å². The molecule has 1 aromatic carbocycles. The number of hydrogen-bond donors (Lipinski definition) is 1. The summed E-state index contributed by atoms with van der Waals surface area (Å²) in [5.74, 6) is 2.15. The van der Waals surface area contributed by atoms with Crippen molar-refractivity contribution in [3.05, 3.63) is 35.9 Å². The Hall–Kier alpha value is -0.510. The maximum Gasteiger partial charge on any atom is 0.0895 e. The fraction of sp³-hybridized carbons (Fsp3) is 0.800. The molecule has 0 aliphatic heterocycles. The van der Waals surface area contributed by atoms with Crippen LogP contribution in [0.15, 0.2) is 30.3 Å². The summed E-state index contributed by atoms with van der Waals surface area (Å²) in [4.78, 5) is 0. The van der Waals surface area contributed by atoms with Crippen LogP contribution in [0.5, 0.6) is 0 Å². The Labute approximate surface area is 210 Å². The molecule has 0 aromatic heterocycles. The number of aliphatic hydroxyl groups is 1. The lowest BCUT2D eigenvalue weighted by Gasteiger charge is -2.15. The Morgan fingerprint density at radius 1 is 0.697 bits per heavy atom. The van der Waals surface area contributed by atoms with E-state index in [0.29, 0.717) is 0 Å². The third-order valence-corrected chi connectivity index (χ3v) is 7.64. The van der Waals surface area contributed by atoms with Gasteiger partial charge in [0.05, 0.1) is 12.7 Å². The van der Waals surface area contributed by atoms with Crippen molar-refractivity contribution in [1.29, 1.82) is 0 Å². The quantitative estimate of drug-likeness (QED) is 0.142. The van der Waals surface area contributed by atoms with Crippen molar-refractivity contribution in [2.24, 2.45) is 0 Å². The van der Waals surface area contributed by atoms with E-state index in [-0.39, 0.29) is 12.7 Å². The first kappa shape index (κ1) is 30.5. The predicted octanol–water partition coefficient (Wildman–Crippen LogP) is 8.99. The third-order valence-electron chi connectivity index (χ3n) is 6.46. The van der Waals surface area contributed by atoms with Crippen LogP contribution in [-0.2, 0) is 11.2 Å². The highest BCUT2D eigenvalue weighted by Crippen LogP contribution is 2.14. The lowest BCUT2D eigenvalue weighted by atomic mass is 10.0. The molecular formula is C30H54O2S. The van der Waals surface area contributed by atoms with Gasteiger partial charge in [-0.05, 0) is 37.0 Å². The predicted molar refractivity (Wildman–Crippen MR) is 148 cm³/mol. The normalized spacial score (nSPS) is 12.3. The number of benzene rings is 1. The Morgan fingerprint density at radius 3 is 1.85 bits per heavy atom. The molecule has 2 nitrogen and oxygen atoms in total. The first-order valence-corrected chi connectivity index (χ1v) is 15.4. The second-order valence-electron chi connectivity index (χ2n) is 9.64. The zero-order valence-electron chi connectivity index (χ0n) is 21.8. The van der Waals surface area contributed by atoms with Gasteiger partial charge < -0.3 is 9.84 Å². The highest BCUT2D eigenvalue weighted by Gasteiger charge is 2.07. The molecule has 1 unspecified atom stereocenters. The summed E-state index contributed by atoms with van der Waals surface area (Å²) in [5.41, 5.74) is 1.47. The monoisotopic (exact) mass is 478 g/mol. The van der Waals surface area contributed by atoms with Crippen molar-refractivity contribution in [1.82, 2.24) is 0 Å². The summed E-state index contributed by atoms with van der Waals surface area (Å²) in [7, 11) is 0. The SMILES string of the molecule is CCCCCCCCCCCCSCC(CO)OCCCCCCCCCc1ccccc1. The fourth-order valence-corrected chi connectivity index (χ4v) is 5.31. The Morgan fingerprint density at radius 2 is 1.24 bits per heavy atom. The molecular weight excluding hydrogens is 424 g/mol. The van der Waals surface area contributed by atoms with Gasteiger partial charge in [0.1, 0.15) is 0 Å². The molecule has 1 rings (SSSR count). The van der Waals surface area contributed by atoms with Crippen LogP contribution in [0.1, 0.15) is 122 Å². The summed E-state index contributed by atoms with van der Waals surface area (Å²) in [6, 6.07) is 10.8. The standard InChI is InChI=1S/C30H54O2S/c1-2-3-4-5-6-7-8-12-15-21-26-33-28-30(27-31)32-25-20-14-11-9-10-13-17-22-29-23-18-16-19-24-29/h16,18-19,23-24,30-31H,2-15,17,20-22,25-28H2,1H3. The van der Waals surface area contributed by atoms with E-state index in [1.165, 1.54) is 120 Å². The highest BCUT2D eigenvalue weighted by molar-refractivity contribution is 7.99. The van der Waals surface area contributed by atoms with Crippen LogP contribution in [0.4, 0.5) is 0 Å². The van der Waals surface area contributed by atoms with E-state index in [2.05, 4.69) is 37.3 Å². The molecule has 0 spiro atoms. The Kier molecular flexibility index (Phi) is 22.8. The summed E-state index contributed by atoms with van der Waals surface area (Å²) in [6.07, 6.45) is 24.2. The molecule has 0 aliphatic carbocycles. The molecule has 0 saturated heterocycles. The number of thioether (sulfide) groups is 1. The number of unbranched alkanes of at least 4 members (excludes halogenated alkanes) is 15. The van der Waals surface area contributed by atoms with Crippen LogP contribution in [0.2, 0.25) is 0 Å². The van der Waals surface area contributed by atoms with Crippen LogP contribution in [0, 0.1) is 0 Å². The zero-order valence-corrected chi connectivity index (χ0v) is 22.6. The molecule has 0 aliphatic rings. The van der Waals surface area contributed by atoms with Crippen molar-refractivity contribution in [3.63, 3.8) is 0 Å². The number of ether oxygens (including phenoxy) is 1. The van der Waals surface area contributed by atoms with Crippen LogP contribution in [0.25, 0.3) is 0 Å². The van der Waals surface area contributed by atoms with Crippen molar-refractivity contribution in [2.75, 3.05) is 24.7 Å². The van der Waals surface area contributed by atoms with Gasteiger partial charge in [-0.15, -0.1) is 0 Å². The van der Waals surface area contributed by atoms with Gasteiger partial charge in [-0.2, -0.15) is 11.8 Å². The minimum absolute atomic E-state index is 0.0242. The van der Waals surface area contributed by atoms with Gasteiger partial charge >= 0.3 is 0 Å². The van der Waals surface area contributed by atoms with Crippen LogP contribution in [-0.4, -0.2) is 35.9 Å². The molecule has 3 heteroatoms. The van der Waals surface area contributed by atoms with Gasteiger partial charge in [0.2, 0.25) is 0 Å². The third kappa shape index (κ3) is 20.6. The number of rotatable bonds is 25. The second-order valence-corrected chi connectivity index (χ2v) is 10.8. The van der Waals surface area contributed by atoms with Gasteiger partial charge in [-0.25, -0.2) is 0 Å². The summed E-state index contributed by atoms with van der Waals surface area (Å²) in [6.45, 7) is 3.25. The van der Waals surface area contributed by atoms with Gasteiger partial charge in [0, 0.05) is 12.4 Å². The van der Waals surface area contributed by atoms with Crippen molar-refractivity contribution in [3.8, 4) is 0 Å². The molecule has 0 amide bonds. The minimum Gasteiger partial charge on any atom is -0.394 e. The highest BCUT2D eigenvalue weighted by atomic mass is 32.2. The van der Waals surface area contributed by atoms with Crippen molar-refractivity contribution < 1.29 is 9.84 Å². The fourth-order valence-electron chi connectivity index (χ4n) is 4.27. The van der Waals surface area contributed by atoms with Crippen LogP contribution >= 0.6 is 11.8 Å². The topological polar surface area (TPSA) is 29.5 Å². The average molecular weight is 479 g/mol. The largest absolute Gasteiger partial charge is 0.394 e. The van der Waals surface area contributed by atoms with E-state index in [4.69, 9.17) is 4.74 Å². The van der Waals surface area contributed by atoms with E-state index < -0.39 is 0 Å². The maximum atomic E-state index is 9.57. The number of hydrogen-bond acceptors (Lipinski definition) is 3. The first-order chi connectivity index (χ1) is 16.4. The number of aryl methyl sites for hydroxylation is 1. The van der Waals surface area contributed by atoms with Gasteiger partial charge in [-0.3, -0.25) is 0 Å². The second kappa shape index (κ2) is 24.6. The summed E-state index contributed by atoms with van der Waals surface area (Å²) in [5, 5.41) is 9.57. The molecule has 1 aromatic rings. The maximum absolute atomic E-state index is 9.57. The lowest BCUT2D eigenvalue weighted by molar-refractivity contribution is 0.0260. The minimum atomic E-state index is 0.0242. The molecule has 0 radical (unpaired) electrons. The van der Waals surface area contributed by atoms with Crippen molar-refractivity contribution >= 4 is 11.8 Å².